The second kappa shape index (κ2) is 18.5. The number of likely N-dealkylation sites (tertiary alicyclic amines) is 3. The molecule has 2 N–H and O–H groups in total. The van der Waals surface area contributed by atoms with E-state index in [0.29, 0.717) is 103 Å². The molecule has 3 aromatic heterocycles. The van der Waals surface area contributed by atoms with Gasteiger partial charge in [-0.25, -0.2) is 19.7 Å². The highest BCUT2D eigenvalue weighted by Crippen LogP contribution is 2.52. The van der Waals surface area contributed by atoms with E-state index in [1.54, 1.807) is 6.20 Å². The second-order valence-corrected chi connectivity index (χ2v) is 22.0. The number of pyridine rings is 2. The molecular weight excluding hydrogens is 897 g/mol. The third-order valence-corrected chi connectivity index (χ3v) is 17.4. The zero-order valence-corrected chi connectivity index (χ0v) is 41.4. The standard InChI is InChI=1S/C54H68N12O5/c1-34(2)65-33-56-44-31-43(58-49(48(44)65)57-38-8-9-38)36-6-11-42-45(28-36)66(40-29-39(30-40)60-18-4-3-5-19-60)52(70)54(42)16-22-64(23-17-54)53(71)63-20-14-35(15-21-63)51(69)62-26-24-61(25-27-62)46-12-7-37(32-55-46)41-10-13-47(67)59-50(41)68/h6-7,11-12,28,31-35,38-41H,3-5,8-10,13-27,29-30H2,1-2H3,(H,57,58)(H,59,67,68). The molecule has 0 bridgehead atoms. The van der Waals surface area contributed by atoms with Crippen LogP contribution >= 0.6 is 0 Å². The molecule has 1 spiro atoms. The molecular formula is C54H68N12O5. The van der Waals surface area contributed by atoms with E-state index in [1.807, 2.05) is 33.2 Å². The largest absolute Gasteiger partial charge is 0.366 e. The molecule has 8 aliphatic rings. The molecule has 6 amide bonds. The number of piperazine rings is 1. The molecule has 374 valence electrons. The average Bonchev–Trinajstić information content (AvgIpc) is 4.05. The van der Waals surface area contributed by atoms with Crippen molar-refractivity contribution in [3.63, 3.8) is 0 Å². The first-order valence-corrected chi connectivity index (χ1v) is 26.8. The van der Waals surface area contributed by atoms with E-state index in [-0.39, 0.29) is 53.6 Å². The van der Waals surface area contributed by atoms with Gasteiger partial charge in [-0.05, 0) is 127 Å². The van der Waals surface area contributed by atoms with Crippen LogP contribution in [0.15, 0.2) is 48.9 Å². The lowest BCUT2D eigenvalue weighted by Crippen LogP contribution is -2.59. The topological polar surface area (TPSA) is 172 Å². The number of fused-ring (bicyclic) bond motifs is 3. The van der Waals surface area contributed by atoms with Crippen LogP contribution in [0.4, 0.5) is 22.1 Å². The molecule has 1 atom stereocenters. The smallest absolute Gasteiger partial charge is 0.319 e. The molecule has 1 aromatic carbocycles. The summed E-state index contributed by atoms with van der Waals surface area (Å²) in [5.74, 6) is 1.03. The van der Waals surface area contributed by atoms with Gasteiger partial charge in [0.1, 0.15) is 11.3 Å². The molecule has 0 radical (unpaired) electrons. The van der Waals surface area contributed by atoms with Crippen LogP contribution in [0, 0.1) is 5.92 Å². The molecule has 2 aliphatic carbocycles. The van der Waals surface area contributed by atoms with Gasteiger partial charge in [0.05, 0.1) is 28.9 Å². The van der Waals surface area contributed by atoms with E-state index < -0.39 is 5.41 Å². The summed E-state index contributed by atoms with van der Waals surface area (Å²) in [7, 11) is 0. The molecule has 71 heavy (non-hydrogen) atoms. The van der Waals surface area contributed by atoms with Crippen LogP contribution in [0.25, 0.3) is 22.3 Å². The van der Waals surface area contributed by atoms with Gasteiger partial charge >= 0.3 is 6.03 Å². The Kier molecular flexibility index (Phi) is 12.0. The van der Waals surface area contributed by atoms with Crippen molar-refractivity contribution in [1.82, 2.24) is 44.4 Å². The van der Waals surface area contributed by atoms with Crippen molar-refractivity contribution < 1.29 is 24.0 Å². The van der Waals surface area contributed by atoms with E-state index >= 15 is 4.79 Å². The van der Waals surface area contributed by atoms with Gasteiger partial charge in [-0.1, -0.05) is 24.6 Å². The number of aromatic nitrogens is 4. The number of imidazole rings is 1. The fraction of sp³-hybridized carbons (Fsp3) is 0.593. The summed E-state index contributed by atoms with van der Waals surface area (Å²) < 4.78 is 2.19. The van der Waals surface area contributed by atoms with Gasteiger partial charge in [-0.2, -0.15) is 0 Å². The zero-order chi connectivity index (χ0) is 48.5. The number of urea groups is 1. The number of nitrogens with zero attached hydrogens (tertiary/aromatic N) is 10. The van der Waals surface area contributed by atoms with Crippen LogP contribution in [0.2, 0.25) is 0 Å². The normalized spacial score (nSPS) is 25.3. The molecule has 17 heteroatoms. The van der Waals surface area contributed by atoms with Crippen LogP contribution in [-0.2, 0) is 24.6 Å². The first-order valence-electron chi connectivity index (χ1n) is 26.8. The number of imide groups is 1. The van der Waals surface area contributed by atoms with Crippen molar-refractivity contribution in [2.75, 3.05) is 80.6 Å². The van der Waals surface area contributed by atoms with Crippen molar-refractivity contribution in [2.45, 2.75) is 133 Å². The maximum absolute atomic E-state index is 15.2. The highest BCUT2D eigenvalue weighted by molar-refractivity contribution is 6.09. The van der Waals surface area contributed by atoms with E-state index in [0.717, 1.165) is 89.5 Å². The number of hydrogen-bond acceptors (Lipinski definition) is 11. The van der Waals surface area contributed by atoms with Crippen molar-refractivity contribution in [3.05, 3.63) is 60.0 Å². The Hall–Kier alpha value is -6.10. The van der Waals surface area contributed by atoms with Gasteiger partial charge in [0.2, 0.25) is 23.6 Å². The number of rotatable bonds is 9. The molecule has 7 fully saturated rings. The summed E-state index contributed by atoms with van der Waals surface area (Å²) in [6.07, 6.45) is 14.9. The minimum atomic E-state index is -0.689. The first-order chi connectivity index (χ1) is 34.5. The van der Waals surface area contributed by atoms with Crippen molar-refractivity contribution in [2.24, 2.45) is 5.92 Å². The van der Waals surface area contributed by atoms with Crippen LogP contribution in [0.3, 0.4) is 0 Å². The lowest BCUT2D eigenvalue weighted by Gasteiger charge is -2.48. The van der Waals surface area contributed by atoms with Gasteiger partial charge < -0.3 is 39.3 Å². The van der Waals surface area contributed by atoms with Crippen LogP contribution in [-0.4, -0.2) is 152 Å². The van der Waals surface area contributed by atoms with E-state index in [9.17, 15) is 19.2 Å². The number of carbonyl (C=O) groups excluding carboxylic acids is 5. The Bertz CT molecular complexity index is 2720. The third kappa shape index (κ3) is 8.48. The number of benzene rings is 1. The number of carbonyl (C=O) groups is 5. The summed E-state index contributed by atoms with van der Waals surface area (Å²) in [4.78, 5) is 94.8. The minimum absolute atomic E-state index is 0.00807. The first kappa shape index (κ1) is 46.0. The van der Waals surface area contributed by atoms with E-state index in [4.69, 9.17) is 9.97 Å². The van der Waals surface area contributed by atoms with Gasteiger partial charge in [-0.3, -0.25) is 24.5 Å². The summed E-state index contributed by atoms with van der Waals surface area (Å²) in [5, 5.41) is 6.12. The van der Waals surface area contributed by atoms with Crippen LogP contribution in [0.5, 0.6) is 0 Å². The number of piperidine rings is 4. The van der Waals surface area contributed by atoms with Gasteiger partial charge in [-0.15, -0.1) is 0 Å². The van der Waals surface area contributed by atoms with Gasteiger partial charge in [0, 0.05) is 106 Å². The summed E-state index contributed by atoms with van der Waals surface area (Å²) in [5.41, 5.74) is 5.98. The molecule has 4 aromatic rings. The Morgan fingerprint density at radius 3 is 2.21 bits per heavy atom. The molecule has 17 nitrogen and oxygen atoms in total. The van der Waals surface area contributed by atoms with E-state index in [2.05, 4.69) is 73.0 Å². The molecule has 2 saturated carbocycles. The fourth-order valence-corrected chi connectivity index (χ4v) is 12.9. The second-order valence-electron chi connectivity index (χ2n) is 22.0. The zero-order valence-electron chi connectivity index (χ0n) is 41.4. The number of anilines is 3. The Labute approximate surface area is 415 Å². The van der Waals surface area contributed by atoms with Crippen molar-refractivity contribution in [1.29, 1.82) is 0 Å². The number of hydrogen-bond donors (Lipinski definition) is 2. The average molecular weight is 965 g/mol. The Balaban J connectivity index is 0.695. The molecule has 9 heterocycles. The maximum atomic E-state index is 15.2. The van der Waals surface area contributed by atoms with Crippen LogP contribution < -0.4 is 20.4 Å². The third-order valence-electron chi connectivity index (χ3n) is 17.4. The van der Waals surface area contributed by atoms with Gasteiger partial charge in [0.25, 0.3) is 0 Å². The maximum Gasteiger partial charge on any atom is 0.319 e. The quantitative estimate of drug-likeness (QED) is 0.187. The molecule has 1 unspecified atom stereocenters. The summed E-state index contributed by atoms with van der Waals surface area (Å²) in [6.45, 7) is 11.2. The summed E-state index contributed by atoms with van der Waals surface area (Å²) in [6, 6.07) is 13.8. The predicted molar refractivity (Wildman–Crippen MR) is 270 cm³/mol. The number of nitrogens with one attached hydrogen (secondary N) is 2. The summed E-state index contributed by atoms with van der Waals surface area (Å²) >= 11 is 0. The monoisotopic (exact) mass is 965 g/mol. The minimum Gasteiger partial charge on any atom is -0.366 e. The predicted octanol–water partition coefficient (Wildman–Crippen LogP) is 6.05. The molecule has 6 aliphatic heterocycles. The van der Waals surface area contributed by atoms with Crippen molar-refractivity contribution in [3.8, 4) is 11.3 Å². The highest BCUT2D eigenvalue weighted by Gasteiger charge is 2.56. The molecule has 12 rings (SSSR count). The van der Waals surface area contributed by atoms with Crippen LogP contribution in [0.1, 0.15) is 120 Å². The molecule has 5 saturated heterocycles. The Morgan fingerprint density at radius 2 is 1.52 bits per heavy atom. The Morgan fingerprint density at radius 1 is 0.775 bits per heavy atom. The lowest BCUT2D eigenvalue weighted by molar-refractivity contribution is -0.137. The lowest BCUT2D eigenvalue weighted by atomic mass is 9.73. The highest BCUT2D eigenvalue weighted by atomic mass is 16.2. The van der Waals surface area contributed by atoms with E-state index in [1.165, 1.54) is 19.3 Å². The SMILES string of the molecule is CC(C)n1cnc2cc(-c3ccc4c(c3)N(C3CC(N5CCCCC5)C3)C(=O)C43CCN(C(=O)N4CCC(C(=O)N5CCN(c6ccc(C7CCC(=O)NC7=O)cn6)CC5)CC4)CC3)nc(NC3CC3)c21. The fourth-order valence-electron chi connectivity index (χ4n) is 12.9. The van der Waals surface area contributed by atoms with Crippen molar-refractivity contribution >= 4 is 58.0 Å². The van der Waals surface area contributed by atoms with Gasteiger partial charge in [0.15, 0.2) is 5.82 Å². The number of amides is 6.